The van der Waals surface area contributed by atoms with Crippen LogP contribution in [0.4, 0.5) is 0 Å². The number of benzene rings is 1. The summed E-state index contributed by atoms with van der Waals surface area (Å²) in [6.07, 6.45) is 1.79. The highest BCUT2D eigenvalue weighted by molar-refractivity contribution is 6.32. The van der Waals surface area contributed by atoms with Crippen molar-refractivity contribution in [2.45, 2.75) is 20.3 Å². The molecule has 2 aromatic rings. The highest BCUT2D eigenvalue weighted by Gasteiger charge is 2.12. The van der Waals surface area contributed by atoms with Crippen LogP contribution in [0.25, 0.3) is 11.0 Å². The van der Waals surface area contributed by atoms with Gasteiger partial charge in [-0.1, -0.05) is 11.6 Å². The number of aryl methyl sites for hydroxylation is 1. The van der Waals surface area contributed by atoms with Crippen LogP contribution in [0.5, 0.6) is 0 Å². The Labute approximate surface area is 104 Å². The van der Waals surface area contributed by atoms with E-state index in [2.05, 4.69) is 0 Å². The first-order valence-corrected chi connectivity index (χ1v) is 5.81. The molecular weight excluding hydrogens is 240 g/mol. The summed E-state index contributed by atoms with van der Waals surface area (Å²) in [7, 11) is 0. The highest BCUT2D eigenvalue weighted by atomic mass is 35.5. The van der Waals surface area contributed by atoms with Crippen molar-refractivity contribution in [1.29, 1.82) is 0 Å². The van der Waals surface area contributed by atoms with Crippen molar-refractivity contribution in [1.82, 2.24) is 0 Å². The zero-order valence-electron chi connectivity index (χ0n) is 9.75. The van der Waals surface area contributed by atoms with Crippen molar-refractivity contribution in [2.24, 2.45) is 0 Å². The second-order valence-electron chi connectivity index (χ2n) is 3.84. The molecule has 0 amide bonds. The zero-order valence-corrected chi connectivity index (χ0v) is 10.5. The minimum absolute atomic E-state index is 0.209. The molecule has 0 aliphatic carbocycles. The number of hydrogen-bond acceptors (Lipinski definition) is 3. The van der Waals surface area contributed by atoms with Gasteiger partial charge in [-0.3, -0.25) is 4.79 Å². The number of ether oxygens (including phenoxy) is 1. The number of hydrogen-bond donors (Lipinski definition) is 0. The molecule has 4 heteroatoms. The molecule has 0 unspecified atom stereocenters. The minimum Gasteiger partial charge on any atom is -0.466 e. The van der Waals surface area contributed by atoms with E-state index in [-0.39, 0.29) is 12.4 Å². The average Bonchev–Trinajstić information content (AvgIpc) is 2.63. The van der Waals surface area contributed by atoms with Crippen LogP contribution in [0.15, 0.2) is 22.8 Å². The van der Waals surface area contributed by atoms with E-state index < -0.39 is 0 Å². The van der Waals surface area contributed by atoms with E-state index in [4.69, 9.17) is 20.8 Å². The van der Waals surface area contributed by atoms with Crippen molar-refractivity contribution in [2.75, 3.05) is 6.61 Å². The van der Waals surface area contributed by atoms with Crippen LogP contribution in [0.1, 0.15) is 18.1 Å². The van der Waals surface area contributed by atoms with Crippen LogP contribution < -0.4 is 0 Å². The van der Waals surface area contributed by atoms with Gasteiger partial charge < -0.3 is 9.15 Å². The Balaban J connectivity index is 2.36. The molecule has 17 heavy (non-hydrogen) atoms. The molecule has 90 valence electrons. The lowest BCUT2D eigenvalue weighted by Crippen LogP contribution is -2.06. The van der Waals surface area contributed by atoms with Gasteiger partial charge in [-0.05, 0) is 31.5 Å². The van der Waals surface area contributed by atoms with Crippen LogP contribution in [0, 0.1) is 6.92 Å². The Morgan fingerprint density at radius 1 is 1.47 bits per heavy atom. The summed E-state index contributed by atoms with van der Waals surface area (Å²) in [5.41, 5.74) is 2.50. The molecule has 2 rings (SSSR count). The van der Waals surface area contributed by atoms with E-state index in [0.29, 0.717) is 11.6 Å². The van der Waals surface area contributed by atoms with Gasteiger partial charge in [-0.15, -0.1) is 0 Å². The predicted molar refractivity (Wildman–Crippen MR) is 66.3 cm³/mol. The summed E-state index contributed by atoms with van der Waals surface area (Å²) in [4.78, 5) is 11.4. The number of carbonyl (C=O) groups excluding carboxylic acids is 1. The second kappa shape index (κ2) is 4.80. The predicted octanol–water partition coefficient (Wildman–Crippen LogP) is 3.50. The Bertz CT molecular complexity index is 557. The van der Waals surface area contributed by atoms with Crippen LogP contribution in [0.2, 0.25) is 5.02 Å². The molecule has 0 atom stereocenters. The highest BCUT2D eigenvalue weighted by Crippen LogP contribution is 2.28. The van der Waals surface area contributed by atoms with Crippen LogP contribution in [-0.4, -0.2) is 12.6 Å². The Kier molecular flexibility index (Phi) is 3.38. The van der Waals surface area contributed by atoms with Crippen LogP contribution in [0.3, 0.4) is 0 Å². The number of rotatable bonds is 3. The van der Waals surface area contributed by atoms with Crippen molar-refractivity contribution < 1.29 is 13.9 Å². The quantitative estimate of drug-likeness (QED) is 0.785. The molecule has 0 aliphatic heterocycles. The summed E-state index contributed by atoms with van der Waals surface area (Å²) >= 11 is 6.06. The van der Waals surface area contributed by atoms with E-state index in [1.807, 2.05) is 19.1 Å². The normalized spacial score (nSPS) is 10.8. The van der Waals surface area contributed by atoms with Gasteiger partial charge in [0.25, 0.3) is 0 Å². The molecule has 0 N–H and O–H groups in total. The molecule has 0 saturated heterocycles. The summed E-state index contributed by atoms with van der Waals surface area (Å²) < 4.78 is 10.3. The van der Waals surface area contributed by atoms with Crippen molar-refractivity contribution in [3.63, 3.8) is 0 Å². The number of esters is 1. The van der Waals surface area contributed by atoms with Crippen molar-refractivity contribution in [3.05, 3.63) is 34.5 Å². The smallest absolute Gasteiger partial charge is 0.310 e. The van der Waals surface area contributed by atoms with Crippen molar-refractivity contribution >= 4 is 28.5 Å². The molecule has 1 heterocycles. The van der Waals surface area contributed by atoms with Crippen LogP contribution in [-0.2, 0) is 16.0 Å². The standard InChI is InChI=1S/C13H13ClO3/c1-3-16-13(15)5-9-7-17-12-4-8(2)11(14)6-10(9)12/h4,6-7H,3,5H2,1-2H3. The lowest BCUT2D eigenvalue weighted by Gasteiger charge is -2.01. The fourth-order valence-corrected chi connectivity index (χ4v) is 1.87. The third kappa shape index (κ3) is 2.44. The van der Waals surface area contributed by atoms with Crippen molar-refractivity contribution in [3.8, 4) is 0 Å². The molecule has 0 fully saturated rings. The van der Waals surface area contributed by atoms with Gasteiger partial charge in [0.05, 0.1) is 19.3 Å². The molecule has 0 bridgehead atoms. The van der Waals surface area contributed by atoms with Gasteiger partial charge in [0.1, 0.15) is 5.58 Å². The molecule has 0 spiro atoms. The summed E-state index contributed by atoms with van der Waals surface area (Å²) in [6, 6.07) is 3.69. The number of fused-ring (bicyclic) bond motifs is 1. The lowest BCUT2D eigenvalue weighted by molar-refractivity contribution is -0.142. The van der Waals surface area contributed by atoms with Gasteiger partial charge in [0.2, 0.25) is 0 Å². The maximum Gasteiger partial charge on any atom is 0.310 e. The zero-order chi connectivity index (χ0) is 12.4. The number of halogens is 1. The van der Waals surface area contributed by atoms with Crippen LogP contribution >= 0.6 is 11.6 Å². The van der Waals surface area contributed by atoms with Gasteiger partial charge in [-0.25, -0.2) is 0 Å². The first-order chi connectivity index (χ1) is 8.11. The molecule has 0 radical (unpaired) electrons. The van der Waals surface area contributed by atoms with E-state index in [1.165, 1.54) is 0 Å². The first kappa shape index (κ1) is 12.0. The van der Waals surface area contributed by atoms with E-state index in [0.717, 1.165) is 22.1 Å². The van der Waals surface area contributed by atoms with Gasteiger partial charge in [0.15, 0.2) is 0 Å². The van der Waals surface area contributed by atoms with Gasteiger partial charge in [-0.2, -0.15) is 0 Å². The summed E-state index contributed by atoms with van der Waals surface area (Å²) in [5, 5.41) is 1.54. The third-order valence-electron chi connectivity index (χ3n) is 2.58. The van der Waals surface area contributed by atoms with Gasteiger partial charge >= 0.3 is 5.97 Å². The maximum absolute atomic E-state index is 11.4. The lowest BCUT2D eigenvalue weighted by atomic mass is 10.1. The first-order valence-electron chi connectivity index (χ1n) is 5.43. The molecule has 0 aliphatic rings. The number of carbonyl (C=O) groups is 1. The Morgan fingerprint density at radius 2 is 2.24 bits per heavy atom. The maximum atomic E-state index is 11.4. The fraction of sp³-hybridized carbons (Fsp3) is 0.308. The molecule has 0 saturated carbocycles. The fourth-order valence-electron chi connectivity index (χ4n) is 1.71. The SMILES string of the molecule is CCOC(=O)Cc1coc2cc(C)c(Cl)cc12. The molecular formula is C13H13ClO3. The summed E-state index contributed by atoms with van der Waals surface area (Å²) in [6.45, 7) is 4.08. The Hall–Kier alpha value is -1.48. The molecule has 3 nitrogen and oxygen atoms in total. The van der Waals surface area contributed by atoms with E-state index in [9.17, 15) is 4.79 Å². The molecule has 1 aromatic carbocycles. The third-order valence-corrected chi connectivity index (χ3v) is 2.98. The largest absolute Gasteiger partial charge is 0.466 e. The van der Waals surface area contributed by atoms with E-state index in [1.54, 1.807) is 13.2 Å². The average molecular weight is 253 g/mol. The van der Waals surface area contributed by atoms with Gasteiger partial charge in [0, 0.05) is 16.0 Å². The minimum atomic E-state index is -0.258. The van der Waals surface area contributed by atoms with E-state index >= 15 is 0 Å². The Morgan fingerprint density at radius 3 is 2.94 bits per heavy atom. The topological polar surface area (TPSA) is 39.4 Å². The molecule has 1 aromatic heterocycles. The second-order valence-corrected chi connectivity index (χ2v) is 4.25. The monoisotopic (exact) mass is 252 g/mol. The number of furan rings is 1. The summed E-state index contributed by atoms with van der Waals surface area (Å²) in [5.74, 6) is -0.258.